The van der Waals surface area contributed by atoms with E-state index in [1.807, 2.05) is 42.4 Å². The van der Waals surface area contributed by atoms with Crippen LogP contribution in [0.25, 0.3) is 0 Å². The quantitative estimate of drug-likeness (QED) is 0.810. The molecule has 1 unspecified atom stereocenters. The van der Waals surface area contributed by atoms with Crippen molar-refractivity contribution in [2.24, 2.45) is 5.41 Å². The number of rotatable bonds is 6. The van der Waals surface area contributed by atoms with Crippen LogP contribution in [0.3, 0.4) is 0 Å². The van der Waals surface area contributed by atoms with Gasteiger partial charge in [0, 0.05) is 26.0 Å². The summed E-state index contributed by atoms with van der Waals surface area (Å²) in [7, 11) is 3.53. The number of likely N-dealkylation sites (N-methyl/N-ethyl adjacent to an activating group) is 1. The molecular weight excluding hydrogens is 314 g/mol. The van der Waals surface area contributed by atoms with E-state index in [0.717, 1.165) is 30.1 Å². The second kappa shape index (κ2) is 6.21. The van der Waals surface area contributed by atoms with Crippen molar-refractivity contribution in [1.29, 1.82) is 0 Å². The normalized spacial score (nSPS) is 21.0. The molecule has 0 N–H and O–H groups in total. The van der Waals surface area contributed by atoms with Gasteiger partial charge < -0.3 is 14.2 Å². The number of hydrogen-bond donors (Lipinski definition) is 0. The standard InChI is InChI=1S/C20H27N3O2/c1-6-23-12-11-21-17(23)13-22(4)18(24)20(14-19(20,2)3)15-7-9-16(25-5)10-8-15/h7-12H,6,13-14H2,1-5H3. The molecule has 1 fully saturated rings. The minimum absolute atomic E-state index is 0.0485. The van der Waals surface area contributed by atoms with E-state index in [4.69, 9.17) is 4.74 Å². The van der Waals surface area contributed by atoms with Gasteiger partial charge in [-0.15, -0.1) is 0 Å². The third kappa shape index (κ3) is 2.81. The maximum atomic E-state index is 13.4. The zero-order chi connectivity index (χ0) is 18.2. The van der Waals surface area contributed by atoms with E-state index in [-0.39, 0.29) is 11.3 Å². The van der Waals surface area contributed by atoms with E-state index in [1.165, 1.54) is 0 Å². The molecule has 0 bridgehead atoms. The highest BCUT2D eigenvalue weighted by molar-refractivity contribution is 5.93. The number of carbonyl (C=O) groups excluding carboxylic acids is 1. The van der Waals surface area contributed by atoms with Gasteiger partial charge in [-0.3, -0.25) is 4.79 Å². The predicted octanol–water partition coefficient (Wildman–Crippen LogP) is 3.24. The van der Waals surface area contributed by atoms with Gasteiger partial charge in [0.25, 0.3) is 0 Å². The van der Waals surface area contributed by atoms with Crippen LogP contribution >= 0.6 is 0 Å². The highest BCUT2D eigenvalue weighted by Crippen LogP contribution is 2.65. The van der Waals surface area contributed by atoms with Crippen LogP contribution in [0.1, 0.15) is 38.6 Å². The Balaban J connectivity index is 1.86. The number of amides is 1. The maximum Gasteiger partial charge on any atom is 0.233 e. The largest absolute Gasteiger partial charge is 0.497 e. The van der Waals surface area contributed by atoms with Gasteiger partial charge in [0.15, 0.2) is 0 Å². The lowest BCUT2D eigenvalue weighted by molar-refractivity contribution is -0.134. The van der Waals surface area contributed by atoms with E-state index in [0.29, 0.717) is 6.54 Å². The minimum Gasteiger partial charge on any atom is -0.497 e. The summed E-state index contributed by atoms with van der Waals surface area (Å²) in [6, 6.07) is 7.91. The first-order chi connectivity index (χ1) is 11.9. The fraction of sp³-hybridized carbons (Fsp3) is 0.500. The Labute approximate surface area is 149 Å². The molecule has 1 aromatic carbocycles. The number of methoxy groups -OCH3 is 1. The summed E-state index contributed by atoms with van der Waals surface area (Å²) in [4.78, 5) is 19.6. The van der Waals surface area contributed by atoms with Crippen LogP contribution in [-0.2, 0) is 23.3 Å². The smallest absolute Gasteiger partial charge is 0.233 e. The average molecular weight is 341 g/mol. The minimum atomic E-state index is -0.461. The molecule has 3 rings (SSSR count). The molecule has 0 saturated heterocycles. The molecule has 0 radical (unpaired) electrons. The van der Waals surface area contributed by atoms with Gasteiger partial charge in [-0.05, 0) is 36.5 Å². The monoisotopic (exact) mass is 341 g/mol. The molecule has 1 heterocycles. The van der Waals surface area contributed by atoms with Crippen LogP contribution in [0.15, 0.2) is 36.7 Å². The summed E-state index contributed by atoms with van der Waals surface area (Å²) in [5.74, 6) is 1.89. The Kier molecular flexibility index (Phi) is 4.35. The van der Waals surface area contributed by atoms with Gasteiger partial charge in [0.05, 0.1) is 19.1 Å². The number of aryl methyl sites for hydroxylation is 1. The summed E-state index contributed by atoms with van der Waals surface area (Å²) < 4.78 is 7.32. The van der Waals surface area contributed by atoms with Gasteiger partial charge in [0.1, 0.15) is 11.6 Å². The second-order valence-electron chi connectivity index (χ2n) is 7.49. The number of aromatic nitrogens is 2. The summed E-state index contributed by atoms with van der Waals surface area (Å²) in [6.07, 6.45) is 4.60. The van der Waals surface area contributed by atoms with E-state index >= 15 is 0 Å². The Hall–Kier alpha value is -2.30. The van der Waals surface area contributed by atoms with Crippen LogP contribution in [-0.4, -0.2) is 34.5 Å². The van der Waals surface area contributed by atoms with Crippen molar-refractivity contribution in [3.05, 3.63) is 48.0 Å². The molecule has 1 saturated carbocycles. The van der Waals surface area contributed by atoms with Crippen LogP contribution < -0.4 is 4.74 Å². The van der Waals surface area contributed by atoms with E-state index in [2.05, 4.69) is 30.3 Å². The fourth-order valence-electron chi connectivity index (χ4n) is 3.86. The van der Waals surface area contributed by atoms with Crippen molar-refractivity contribution in [3.63, 3.8) is 0 Å². The molecule has 1 aliphatic rings. The lowest BCUT2D eigenvalue weighted by atomic mass is 9.86. The molecule has 134 valence electrons. The number of carbonyl (C=O) groups is 1. The summed E-state index contributed by atoms with van der Waals surface area (Å²) in [5.41, 5.74) is 0.555. The summed E-state index contributed by atoms with van der Waals surface area (Å²) in [5, 5.41) is 0. The number of benzene rings is 1. The van der Waals surface area contributed by atoms with Crippen LogP contribution in [0, 0.1) is 5.41 Å². The molecule has 1 amide bonds. The van der Waals surface area contributed by atoms with Crippen LogP contribution in [0.5, 0.6) is 5.75 Å². The Morgan fingerprint density at radius 1 is 1.32 bits per heavy atom. The van der Waals surface area contributed by atoms with Gasteiger partial charge in [-0.25, -0.2) is 4.98 Å². The molecule has 1 atom stereocenters. The average Bonchev–Trinajstić information content (AvgIpc) is 2.95. The molecule has 1 aromatic heterocycles. The lowest BCUT2D eigenvalue weighted by Gasteiger charge is -2.27. The van der Waals surface area contributed by atoms with Crippen LogP contribution in [0.4, 0.5) is 0 Å². The molecular formula is C20H27N3O2. The molecule has 1 aliphatic carbocycles. The van der Waals surface area contributed by atoms with Crippen molar-refractivity contribution in [2.45, 2.75) is 45.7 Å². The first-order valence-electron chi connectivity index (χ1n) is 8.76. The van der Waals surface area contributed by atoms with Crippen LogP contribution in [0.2, 0.25) is 0 Å². The number of ether oxygens (including phenoxy) is 1. The zero-order valence-electron chi connectivity index (χ0n) is 15.7. The highest BCUT2D eigenvalue weighted by atomic mass is 16.5. The van der Waals surface area contributed by atoms with Crippen molar-refractivity contribution >= 4 is 5.91 Å². The summed E-state index contributed by atoms with van der Waals surface area (Å²) in [6.45, 7) is 7.78. The number of hydrogen-bond acceptors (Lipinski definition) is 3. The van der Waals surface area contributed by atoms with Crippen molar-refractivity contribution in [1.82, 2.24) is 14.5 Å². The predicted molar refractivity (Wildman–Crippen MR) is 97.4 cm³/mol. The fourth-order valence-corrected chi connectivity index (χ4v) is 3.86. The topological polar surface area (TPSA) is 47.4 Å². The maximum absolute atomic E-state index is 13.4. The molecule has 5 nitrogen and oxygen atoms in total. The Morgan fingerprint density at radius 2 is 1.96 bits per heavy atom. The van der Waals surface area contributed by atoms with Crippen molar-refractivity contribution in [3.8, 4) is 5.75 Å². The third-order valence-corrected chi connectivity index (χ3v) is 5.55. The number of imidazole rings is 1. The van der Waals surface area contributed by atoms with Gasteiger partial charge >= 0.3 is 0 Å². The highest BCUT2D eigenvalue weighted by Gasteiger charge is 2.67. The van der Waals surface area contributed by atoms with E-state index in [9.17, 15) is 4.79 Å². The lowest BCUT2D eigenvalue weighted by Crippen LogP contribution is -2.39. The first kappa shape index (κ1) is 17.5. The molecule has 5 heteroatoms. The molecule has 0 spiro atoms. The van der Waals surface area contributed by atoms with E-state index < -0.39 is 5.41 Å². The molecule has 25 heavy (non-hydrogen) atoms. The Bertz CT molecular complexity index is 764. The van der Waals surface area contributed by atoms with Gasteiger partial charge in [0.2, 0.25) is 5.91 Å². The molecule has 0 aliphatic heterocycles. The Morgan fingerprint density at radius 3 is 2.48 bits per heavy atom. The SMILES string of the molecule is CCn1ccnc1CN(C)C(=O)C1(c2ccc(OC)cc2)CC1(C)C. The van der Waals surface area contributed by atoms with Crippen molar-refractivity contribution in [2.75, 3.05) is 14.2 Å². The van der Waals surface area contributed by atoms with Gasteiger partial charge in [-0.1, -0.05) is 26.0 Å². The third-order valence-electron chi connectivity index (χ3n) is 5.55. The first-order valence-corrected chi connectivity index (χ1v) is 8.76. The molecule has 2 aromatic rings. The summed E-state index contributed by atoms with van der Waals surface area (Å²) >= 11 is 0. The number of nitrogens with zero attached hydrogens (tertiary/aromatic N) is 3. The van der Waals surface area contributed by atoms with Gasteiger partial charge in [-0.2, -0.15) is 0 Å². The second-order valence-corrected chi connectivity index (χ2v) is 7.49. The van der Waals surface area contributed by atoms with Crippen molar-refractivity contribution < 1.29 is 9.53 Å². The van der Waals surface area contributed by atoms with E-state index in [1.54, 1.807) is 13.3 Å². The zero-order valence-corrected chi connectivity index (χ0v) is 15.7.